The highest BCUT2D eigenvalue weighted by molar-refractivity contribution is 7.09. The number of nitrogens with zero attached hydrogens (tertiary/aromatic N) is 2. The SMILES string of the molecule is CCC1(C)CNC2(CCCC2)CN1Cc1csc(C)n1. The van der Waals surface area contributed by atoms with Crippen molar-refractivity contribution in [2.75, 3.05) is 13.1 Å². The normalized spacial score (nSPS) is 30.1. The molecule has 1 N–H and O–H groups in total. The fourth-order valence-corrected chi connectivity index (χ4v) is 4.36. The van der Waals surface area contributed by atoms with Gasteiger partial charge in [0.1, 0.15) is 0 Å². The third kappa shape index (κ3) is 2.66. The van der Waals surface area contributed by atoms with E-state index in [2.05, 4.69) is 41.4 Å². The molecule has 1 unspecified atom stereocenters. The van der Waals surface area contributed by atoms with E-state index in [1.54, 1.807) is 11.3 Å². The first-order valence-corrected chi connectivity index (χ1v) is 8.84. The summed E-state index contributed by atoms with van der Waals surface area (Å²) in [5.74, 6) is 0. The van der Waals surface area contributed by atoms with Crippen molar-refractivity contribution in [2.45, 2.75) is 70.5 Å². The Balaban J connectivity index is 1.78. The molecule has 3 rings (SSSR count). The molecule has 1 aromatic heterocycles. The number of aryl methyl sites for hydroxylation is 1. The lowest BCUT2D eigenvalue weighted by Gasteiger charge is -2.52. The maximum atomic E-state index is 4.68. The molecule has 1 aliphatic heterocycles. The van der Waals surface area contributed by atoms with E-state index in [1.807, 2.05) is 0 Å². The standard InChI is InChI=1S/C16H27N3S/c1-4-15(3)11-17-16(7-5-6-8-16)12-19(15)9-14-10-20-13(2)18-14/h10,17H,4-9,11-12H2,1-3H3. The van der Waals surface area contributed by atoms with Crippen molar-refractivity contribution in [3.8, 4) is 0 Å². The van der Waals surface area contributed by atoms with Crippen molar-refractivity contribution in [3.05, 3.63) is 16.1 Å². The molecule has 1 spiro atoms. The number of thiazole rings is 1. The van der Waals surface area contributed by atoms with Gasteiger partial charge in [-0.2, -0.15) is 0 Å². The van der Waals surface area contributed by atoms with Gasteiger partial charge in [0.15, 0.2) is 0 Å². The Kier molecular flexibility index (Phi) is 3.91. The van der Waals surface area contributed by atoms with E-state index in [0.717, 1.165) is 13.1 Å². The Hall–Kier alpha value is -0.450. The quantitative estimate of drug-likeness (QED) is 0.926. The van der Waals surface area contributed by atoms with Crippen molar-refractivity contribution in [1.82, 2.24) is 15.2 Å². The van der Waals surface area contributed by atoms with Gasteiger partial charge in [-0.05, 0) is 33.1 Å². The van der Waals surface area contributed by atoms with Gasteiger partial charge in [-0.25, -0.2) is 4.98 Å². The summed E-state index contributed by atoms with van der Waals surface area (Å²) in [5.41, 5.74) is 1.91. The zero-order valence-electron chi connectivity index (χ0n) is 13.0. The minimum Gasteiger partial charge on any atom is -0.308 e. The Morgan fingerprint density at radius 2 is 2.15 bits per heavy atom. The molecule has 0 bridgehead atoms. The average Bonchev–Trinajstić information content (AvgIpc) is 3.05. The molecule has 4 heteroatoms. The first kappa shape index (κ1) is 14.5. The Morgan fingerprint density at radius 3 is 2.75 bits per heavy atom. The van der Waals surface area contributed by atoms with Gasteiger partial charge in [-0.15, -0.1) is 11.3 Å². The highest BCUT2D eigenvalue weighted by atomic mass is 32.1. The van der Waals surface area contributed by atoms with Crippen molar-refractivity contribution in [1.29, 1.82) is 0 Å². The summed E-state index contributed by atoms with van der Waals surface area (Å²) < 4.78 is 0. The fraction of sp³-hybridized carbons (Fsp3) is 0.812. The predicted octanol–water partition coefficient (Wildman–Crippen LogP) is 3.34. The van der Waals surface area contributed by atoms with E-state index >= 15 is 0 Å². The molecule has 0 amide bonds. The summed E-state index contributed by atoms with van der Waals surface area (Å²) in [6, 6.07) is 0. The zero-order valence-corrected chi connectivity index (χ0v) is 13.9. The molecular formula is C16H27N3S. The van der Waals surface area contributed by atoms with E-state index in [1.165, 1.54) is 49.4 Å². The molecule has 0 radical (unpaired) electrons. The average molecular weight is 293 g/mol. The number of piperazine rings is 1. The molecule has 112 valence electrons. The molecule has 1 aliphatic carbocycles. The van der Waals surface area contributed by atoms with Crippen LogP contribution in [0.15, 0.2) is 5.38 Å². The van der Waals surface area contributed by atoms with E-state index in [4.69, 9.17) is 0 Å². The lowest BCUT2D eigenvalue weighted by molar-refractivity contribution is 0.00702. The smallest absolute Gasteiger partial charge is 0.0897 e. The Morgan fingerprint density at radius 1 is 1.40 bits per heavy atom. The second-order valence-electron chi connectivity index (χ2n) is 6.91. The van der Waals surface area contributed by atoms with Crippen LogP contribution in [-0.4, -0.2) is 34.1 Å². The van der Waals surface area contributed by atoms with Gasteiger partial charge in [0.05, 0.1) is 10.7 Å². The third-order valence-electron chi connectivity index (χ3n) is 5.44. The van der Waals surface area contributed by atoms with Crippen LogP contribution in [0.2, 0.25) is 0 Å². The maximum Gasteiger partial charge on any atom is 0.0897 e. The van der Waals surface area contributed by atoms with E-state index in [9.17, 15) is 0 Å². The molecule has 0 aromatic carbocycles. The first-order valence-electron chi connectivity index (χ1n) is 7.96. The maximum absolute atomic E-state index is 4.68. The summed E-state index contributed by atoms with van der Waals surface area (Å²) in [7, 11) is 0. The van der Waals surface area contributed by atoms with Crippen LogP contribution >= 0.6 is 11.3 Å². The van der Waals surface area contributed by atoms with Gasteiger partial charge in [0.25, 0.3) is 0 Å². The first-order chi connectivity index (χ1) is 9.55. The van der Waals surface area contributed by atoms with Gasteiger partial charge < -0.3 is 5.32 Å². The van der Waals surface area contributed by atoms with E-state index < -0.39 is 0 Å². The van der Waals surface area contributed by atoms with E-state index in [0.29, 0.717) is 5.54 Å². The van der Waals surface area contributed by atoms with Crippen LogP contribution in [0.3, 0.4) is 0 Å². The van der Waals surface area contributed by atoms with Crippen molar-refractivity contribution in [3.63, 3.8) is 0 Å². The predicted molar refractivity (Wildman–Crippen MR) is 85.2 cm³/mol. The van der Waals surface area contributed by atoms with Crippen molar-refractivity contribution < 1.29 is 0 Å². The van der Waals surface area contributed by atoms with Crippen molar-refractivity contribution in [2.24, 2.45) is 0 Å². The number of rotatable bonds is 3. The molecule has 1 atom stereocenters. The number of hydrogen-bond donors (Lipinski definition) is 1. The van der Waals surface area contributed by atoms with Crippen LogP contribution in [0.5, 0.6) is 0 Å². The Labute approximate surface area is 126 Å². The summed E-state index contributed by atoms with van der Waals surface area (Å²) in [6.07, 6.45) is 6.66. The van der Waals surface area contributed by atoms with Crippen molar-refractivity contribution >= 4 is 11.3 Å². The lowest BCUT2D eigenvalue weighted by Crippen LogP contribution is -2.67. The highest BCUT2D eigenvalue weighted by Gasteiger charge is 2.45. The van der Waals surface area contributed by atoms with E-state index in [-0.39, 0.29) is 5.54 Å². The van der Waals surface area contributed by atoms with Gasteiger partial charge in [-0.1, -0.05) is 19.8 Å². The summed E-state index contributed by atoms with van der Waals surface area (Å²) in [4.78, 5) is 7.37. The zero-order chi connectivity index (χ0) is 14.2. The minimum atomic E-state index is 0.269. The van der Waals surface area contributed by atoms with Crippen LogP contribution < -0.4 is 5.32 Å². The molecule has 3 nitrogen and oxygen atoms in total. The second kappa shape index (κ2) is 5.39. The largest absolute Gasteiger partial charge is 0.308 e. The van der Waals surface area contributed by atoms with Crippen LogP contribution in [0.1, 0.15) is 56.7 Å². The van der Waals surface area contributed by atoms with Gasteiger partial charge in [-0.3, -0.25) is 4.90 Å². The number of hydrogen-bond acceptors (Lipinski definition) is 4. The summed E-state index contributed by atoms with van der Waals surface area (Å²) in [6.45, 7) is 10.1. The molecular weight excluding hydrogens is 266 g/mol. The fourth-order valence-electron chi connectivity index (χ4n) is 3.76. The molecule has 1 saturated carbocycles. The number of nitrogens with one attached hydrogen (secondary N) is 1. The highest BCUT2D eigenvalue weighted by Crippen LogP contribution is 2.37. The number of aromatic nitrogens is 1. The lowest BCUT2D eigenvalue weighted by atomic mass is 9.85. The summed E-state index contributed by atoms with van der Waals surface area (Å²) in [5, 5.41) is 7.31. The van der Waals surface area contributed by atoms with Crippen LogP contribution in [0.4, 0.5) is 0 Å². The van der Waals surface area contributed by atoms with Crippen LogP contribution in [0, 0.1) is 6.92 Å². The third-order valence-corrected chi connectivity index (χ3v) is 6.27. The molecule has 1 saturated heterocycles. The second-order valence-corrected chi connectivity index (χ2v) is 7.97. The monoisotopic (exact) mass is 293 g/mol. The molecule has 1 aromatic rings. The van der Waals surface area contributed by atoms with Crippen LogP contribution in [-0.2, 0) is 6.54 Å². The summed E-state index contributed by atoms with van der Waals surface area (Å²) >= 11 is 1.77. The van der Waals surface area contributed by atoms with Gasteiger partial charge >= 0.3 is 0 Å². The van der Waals surface area contributed by atoms with Crippen LogP contribution in [0.25, 0.3) is 0 Å². The molecule has 2 aliphatic rings. The minimum absolute atomic E-state index is 0.269. The Bertz CT molecular complexity index is 464. The topological polar surface area (TPSA) is 28.2 Å². The molecule has 2 heterocycles. The van der Waals surface area contributed by atoms with Gasteiger partial charge in [0, 0.05) is 36.1 Å². The molecule has 2 fully saturated rings. The molecule has 20 heavy (non-hydrogen) atoms. The van der Waals surface area contributed by atoms with Gasteiger partial charge in [0.2, 0.25) is 0 Å².